The zero-order valence-corrected chi connectivity index (χ0v) is 12.8. The minimum atomic E-state index is -0.132. The van der Waals surface area contributed by atoms with Gasteiger partial charge < -0.3 is 10.3 Å². The second kappa shape index (κ2) is 5.69. The van der Waals surface area contributed by atoms with Crippen molar-refractivity contribution in [1.82, 2.24) is 15.3 Å². The Labute approximate surface area is 127 Å². The summed E-state index contributed by atoms with van der Waals surface area (Å²) in [6.07, 6.45) is 0. The quantitative estimate of drug-likeness (QED) is 0.771. The Kier molecular flexibility index (Phi) is 3.75. The van der Waals surface area contributed by atoms with Gasteiger partial charge in [-0.3, -0.25) is 4.79 Å². The van der Waals surface area contributed by atoms with Crippen LogP contribution in [-0.2, 0) is 0 Å². The molecule has 0 unspecified atom stereocenters. The third kappa shape index (κ3) is 2.83. The van der Waals surface area contributed by atoms with Crippen LogP contribution in [0.15, 0.2) is 41.8 Å². The van der Waals surface area contributed by atoms with Crippen LogP contribution < -0.4 is 5.32 Å². The summed E-state index contributed by atoms with van der Waals surface area (Å²) in [5.41, 5.74) is 1.91. The largest absolute Gasteiger partial charge is 0.341 e. The van der Waals surface area contributed by atoms with Crippen LogP contribution in [0.5, 0.6) is 0 Å². The number of imidazole rings is 1. The van der Waals surface area contributed by atoms with E-state index in [0.29, 0.717) is 0 Å². The maximum absolute atomic E-state index is 12.3. The minimum Gasteiger partial charge on any atom is -0.341 e. The zero-order chi connectivity index (χ0) is 14.8. The molecule has 1 atom stereocenters. The minimum absolute atomic E-state index is 0.0517. The summed E-state index contributed by atoms with van der Waals surface area (Å²) in [5.74, 6) is 0.995. The van der Waals surface area contributed by atoms with Crippen LogP contribution in [0.2, 0.25) is 0 Å². The Morgan fingerprint density at radius 3 is 2.71 bits per heavy atom. The molecule has 21 heavy (non-hydrogen) atoms. The summed E-state index contributed by atoms with van der Waals surface area (Å²) in [6, 6.07) is 11.5. The number of hydrogen-bond donors (Lipinski definition) is 2. The lowest BCUT2D eigenvalue weighted by molar-refractivity contribution is 0.0927. The van der Waals surface area contributed by atoms with Crippen LogP contribution in [0.4, 0.5) is 0 Å². The van der Waals surface area contributed by atoms with Crippen molar-refractivity contribution in [2.75, 3.05) is 0 Å². The highest BCUT2D eigenvalue weighted by molar-refractivity contribution is 7.12. The van der Waals surface area contributed by atoms with Gasteiger partial charge in [0.15, 0.2) is 0 Å². The van der Waals surface area contributed by atoms with Crippen LogP contribution >= 0.6 is 11.3 Å². The number of amides is 1. The molecule has 2 N–H and O–H groups in total. The fourth-order valence-corrected chi connectivity index (χ4v) is 2.92. The maximum atomic E-state index is 12.3. The molecule has 0 aliphatic carbocycles. The van der Waals surface area contributed by atoms with E-state index in [1.54, 1.807) is 0 Å². The predicted molar refractivity (Wildman–Crippen MR) is 85.5 cm³/mol. The number of aromatic amines is 1. The summed E-state index contributed by atoms with van der Waals surface area (Å²) >= 11 is 1.44. The molecule has 108 valence electrons. The van der Waals surface area contributed by atoms with Crippen LogP contribution in [0.1, 0.15) is 35.4 Å². The molecule has 2 heterocycles. The number of nitrogens with one attached hydrogen (secondary N) is 2. The number of H-pyrrole nitrogens is 1. The van der Waals surface area contributed by atoms with E-state index in [-0.39, 0.29) is 17.9 Å². The first-order valence-corrected chi connectivity index (χ1v) is 7.82. The first-order valence-electron chi connectivity index (χ1n) is 6.94. The van der Waals surface area contributed by atoms with Crippen molar-refractivity contribution in [3.05, 3.63) is 52.5 Å². The highest BCUT2D eigenvalue weighted by atomic mass is 32.1. The van der Waals surface area contributed by atoms with Gasteiger partial charge in [-0.25, -0.2) is 4.98 Å². The molecule has 0 saturated carbocycles. The molecule has 3 rings (SSSR count). The van der Waals surface area contributed by atoms with Crippen molar-refractivity contribution in [3.8, 4) is 0 Å². The lowest BCUT2D eigenvalue weighted by Crippen LogP contribution is -2.32. The van der Waals surface area contributed by atoms with E-state index in [1.165, 1.54) is 11.3 Å². The lowest BCUT2D eigenvalue weighted by Gasteiger charge is -2.19. The Morgan fingerprint density at radius 1 is 1.24 bits per heavy atom. The number of benzene rings is 1. The highest BCUT2D eigenvalue weighted by Gasteiger charge is 2.22. The number of aromatic nitrogens is 2. The number of carbonyl (C=O) groups is 1. The second-order valence-electron chi connectivity index (χ2n) is 5.31. The first kappa shape index (κ1) is 13.8. The van der Waals surface area contributed by atoms with Crippen molar-refractivity contribution < 1.29 is 4.79 Å². The van der Waals surface area contributed by atoms with E-state index < -0.39 is 0 Å². The first-order chi connectivity index (χ1) is 10.1. The van der Waals surface area contributed by atoms with E-state index in [2.05, 4.69) is 29.1 Å². The summed E-state index contributed by atoms with van der Waals surface area (Å²) < 4.78 is 0. The number of fused-ring (bicyclic) bond motifs is 1. The summed E-state index contributed by atoms with van der Waals surface area (Å²) in [4.78, 5) is 20.9. The van der Waals surface area contributed by atoms with Gasteiger partial charge in [0.1, 0.15) is 5.82 Å². The van der Waals surface area contributed by atoms with Crippen molar-refractivity contribution in [3.63, 3.8) is 0 Å². The molecular weight excluding hydrogens is 282 g/mol. The van der Waals surface area contributed by atoms with E-state index in [1.807, 2.05) is 41.8 Å². The molecule has 3 aromatic rings. The van der Waals surface area contributed by atoms with Gasteiger partial charge in [0, 0.05) is 0 Å². The molecule has 0 bridgehead atoms. The molecule has 1 amide bonds. The van der Waals surface area contributed by atoms with E-state index in [0.717, 1.165) is 21.7 Å². The summed E-state index contributed by atoms with van der Waals surface area (Å²) in [5, 5.41) is 4.98. The van der Waals surface area contributed by atoms with Gasteiger partial charge in [-0.1, -0.05) is 32.0 Å². The third-order valence-electron chi connectivity index (χ3n) is 3.40. The standard InChI is InChI=1S/C16H17N3OS/c1-10(2)14(19-16(20)13-8-5-9-21-13)15-17-11-6-3-4-7-12(11)18-15/h3-10,14H,1-2H3,(H,17,18)(H,19,20)/t14-/m1/s1. The van der Waals surface area contributed by atoms with Crippen molar-refractivity contribution in [2.24, 2.45) is 5.92 Å². The predicted octanol–water partition coefficient (Wildman–Crippen LogP) is 3.75. The molecule has 0 aliphatic heterocycles. The normalized spacial score (nSPS) is 12.7. The van der Waals surface area contributed by atoms with Crippen molar-refractivity contribution in [1.29, 1.82) is 0 Å². The smallest absolute Gasteiger partial charge is 0.261 e. The zero-order valence-electron chi connectivity index (χ0n) is 12.0. The number of rotatable bonds is 4. The highest BCUT2D eigenvalue weighted by Crippen LogP contribution is 2.23. The van der Waals surface area contributed by atoms with Crippen LogP contribution in [0, 0.1) is 5.92 Å². The summed E-state index contributed by atoms with van der Waals surface area (Å²) in [7, 11) is 0. The van der Waals surface area contributed by atoms with Gasteiger partial charge in [0.05, 0.1) is 22.0 Å². The van der Waals surface area contributed by atoms with Gasteiger partial charge >= 0.3 is 0 Å². The van der Waals surface area contributed by atoms with Gasteiger partial charge in [-0.15, -0.1) is 11.3 Å². The maximum Gasteiger partial charge on any atom is 0.261 e. The molecular formula is C16H17N3OS. The Balaban J connectivity index is 1.89. The molecule has 0 radical (unpaired) electrons. The number of hydrogen-bond acceptors (Lipinski definition) is 3. The molecule has 0 saturated heterocycles. The average molecular weight is 299 g/mol. The fraction of sp³-hybridized carbons (Fsp3) is 0.250. The number of nitrogens with zero attached hydrogens (tertiary/aromatic N) is 1. The molecule has 4 nitrogen and oxygen atoms in total. The SMILES string of the molecule is CC(C)[C@@H](NC(=O)c1cccs1)c1nc2ccccc2[nH]1. The number of carbonyl (C=O) groups excluding carboxylic acids is 1. The Morgan fingerprint density at radius 2 is 2.05 bits per heavy atom. The van der Waals surface area contributed by atoms with Crippen molar-refractivity contribution in [2.45, 2.75) is 19.9 Å². The third-order valence-corrected chi connectivity index (χ3v) is 4.27. The topological polar surface area (TPSA) is 57.8 Å². The molecule has 1 aromatic carbocycles. The Hall–Kier alpha value is -2.14. The van der Waals surface area contributed by atoms with Crippen molar-refractivity contribution >= 4 is 28.3 Å². The van der Waals surface area contributed by atoms with Crippen LogP contribution in [0.3, 0.4) is 0 Å². The lowest BCUT2D eigenvalue weighted by atomic mass is 10.0. The molecule has 0 fully saturated rings. The number of para-hydroxylation sites is 2. The number of thiophene rings is 1. The van der Waals surface area contributed by atoms with Gasteiger partial charge in [0.25, 0.3) is 5.91 Å². The molecule has 0 spiro atoms. The monoisotopic (exact) mass is 299 g/mol. The fourth-order valence-electron chi connectivity index (χ4n) is 2.29. The molecule has 5 heteroatoms. The van der Waals surface area contributed by atoms with Gasteiger partial charge in [-0.2, -0.15) is 0 Å². The van der Waals surface area contributed by atoms with E-state index in [9.17, 15) is 4.79 Å². The average Bonchev–Trinajstić information content (AvgIpc) is 3.12. The van der Waals surface area contributed by atoms with Crippen LogP contribution in [0.25, 0.3) is 11.0 Å². The second-order valence-corrected chi connectivity index (χ2v) is 6.26. The summed E-state index contributed by atoms with van der Waals surface area (Å²) in [6.45, 7) is 4.15. The molecule has 0 aliphatic rings. The van der Waals surface area contributed by atoms with E-state index in [4.69, 9.17) is 0 Å². The van der Waals surface area contributed by atoms with Crippen LogP contribution in [-0.4, -0.2) is 15.9 Å². The Bertz CT molecular complexity index is 713. The van der Waals surface area contributed by atoms with E-state index >= 15 is 0 Å². The van der Waals surface area contributed by atoms with Gasteiger partial charge in [0.2, 0.25) is 0 Å². The molecule has 2 aromatic heterocycles. The van der Waals surface area contributed by atoms with Gasteiger partial charge in [-0.05, 0) is 29.5 Å².